The molecule has 0 fully saturated rings. The summed E-state index contributed by atoms with van der Waals surface area (Å²) in [6.45, 7) is 2.95. The third kappa shape index (κ3) is 3.12. The van der Waals surface area contributed by atoms with E-state index in [4.69, 9.17) is 9.15 Å². The number of nitrogens with zero attached hydrogens (tertiary/aromatic N) is 1. The van der Waals surface area contributed by atoms with Gasteiger partial charge in [-0.15, -0.1) is 0 Å². The molecule has 0 radical (unpaired) electrons. The fourth-order valence-electron chi connectivity index (χ4n) is 2.59. The van der Waals surface area contributed by atoms with Crippen molar-refractivity contribution in [3.05, 3.63) is 69.5 Å². The van der Waals surface area contributed by atoms with Crippen LogP contribution in [0.4, 0.5) is 5.69 Å². The number of furan rings is 1. The minimum atomic E-state index is -0.524. The van der Waals surface area contributed by atoms with Gasteiger partial charge in [-0.1, -0.05) is 0 Å². The van der Waals surface area contributed by atoms with Gasteiger partial charge >= 0.3 is 5.97 Å². The molecule has 0 bridgehead atoms. The van der Waals surface area contributed by atoms with Crippen molar-refractivity contribution in [1.82, 2.24) is 0 Å². The third-order valence-corrected chi connectivity index (χ3v) is 3.67. The molecule has 3 rings (SSSR count). The largest absolute Gasteiger partial charge is 0.460 e. The van der Waals surface area contributed by atoms with Gasteiger partial charge in [0.15, 0.2) is 5.78 Å². The van der Waals surface area contributed by atoms with Gasteiger partial charge in [-0.25, -0.2) is 0 Å². The zero-order valence-electron chi connectivity index (χ0n) is 13.4. The van der Waals surface area contributed by atoms with E-state index in [1.54, 1.807) is 19.1 Å². The van der Waals surface area contributed by atoms with Crippen LogP contribution in [0.2, 0.25) is 0 Å². The predicted octanol–water partition coefficient (Wildman–Crippen LogP) is 3.81. The monoisotopic (exact) mass is 339 g/mol. The Hall–Kier alpha value is -3.48. The van der Waals surface area contributed by atoms with Crippen molar-refractivity contribution in [2.45, 2.75) is 13.8 Å². The lowest BCUT2D eigenvalue weighted by molar-refractivity contribution is -0.384. The molecule has 0 aliphatic carbocycles. The first-order valence-electron chi connectivity index (χ1n) is 7.37. The topological polar surface area (TPSA) is 99.7 Å². The smallest absolute Gasteiger partial charge is 0.308 e. The Bertz CT molecular complexity index is 1000. The van der Waals surface area contributed by atoms with E-state index in [0.717, 1.165) is 0 Å². The summed E-state index contributed by atoms with van der Waals surface area (Å²) in [5.74, 6) is -0.0161. The number of non-ortho nitro benzene ring substituents is 1. The van der Waals surface area contributed by atoms with Crippen LogP contribution in [0.25, 0.3) is 11.0 Å². The maximum atomic E-state index is 12.8. The number of carbonyl (C=O) groups excluding carboxylic acids is 2. The molecule has 0 N–H and O–H groups in total. The van der Waals surface area contributed by atoms with Crippen LogP contribution in [-0.4, -0.2) is 16.7 Å². The Morgan fingerprint density at radius 2 is 1.80 bits per heavy atom. The normalized spacial score (nSPS) is 10.6. The number of nitro groups is 1. The fraction of sp³-hybridized carbons (Fsp3) is 0.111. The first-order chi connectivity index (χ1) is 11.9. The van der Waals surface area contributed by atoms with Crippen molar-refractivity contribution in [2.24, 2.45) is 0 Å². The average molecular weight is 339 g/mol. The number of hydrogen-bond donors (Lipinski definition) is 0. The molecule has 0 amide bonds. The highest BCUT2D eigenvalue weighted by Gasteiger charge is 2.21. The average Bonchev–Trinajstić information content (AvgIpc) is 2.88. The van der Waals surface area contributed by atoms with E-state index < -0.39 is 10.9 Å². The van der Waals surface area contributed by atoms with E-state index in [-0.39, 0.29) is 11.5 Å². The van der Waals surface area contributed by atoms with E-state index in [1.165, 1.54) is 37.3 Å². The maximum Gasteiger partial charge on any atom is 0.308 e. The summed E-state index contributed by atoms with van der Waals surface area (Å²) in [5.41, 5.74) is 1.02. The van der Waals surface area contributed by atoms with Gasteiger partial charge in [0.1, 0.15) is 17.1 Å². The molecular weight excluding hydrogens is 326 g/mol. The molecule has 1 heterocycles. The lowest BCUT2D eigenvalue weighted by Gasteiger charge is -2.02. The quantitative estimate of drug-likeness (QED) is 0.236. The number of carbonyl (C=O) groups is 2. The molecule has 0 unspecified atom stereocenters. The van der Waals surface area contributed by atoms with E-state index >= 15 is 0 Å². The zero-order chi connectivity index (χ0) is 18.1. The van der Waals surface area contributed by atoms with Crippen LogP contribution in [0.1, 0.15) is 28.6 Å². The van der Waals surface area contributed by atoms with E-state index in [0.29, 0.717) is 33.6 Å². The summed E-state index contributed by atoms with van der Waals surface area (Å²) in [6.07, 6.45) is 0. The molecule has 0 aliphatic heterocycles. The molecule has 2 aromatic carbocycles. The van der Waals surface area contributed by atoms with Gasteiger partial charge in [0, 0.05) is 36.1 Å². The van der Waals surface area contributed by atoms with Crippen LogP contribution < -0.4 is 4.74 Å². The number of aryl methyl sites for hydroxylation is 1. The summed E-state index contributed by atoms with van der Waals surface area (Å²) < 4.78 is 10.6. The second kappa shape index (κ2) is 6.20. The molecular formula is C18H13NO6. The van der Waals surface area contributed by atoms with Gasteiger partial charge in [-0.3, -0.25) is 19.7 Å². The van der Waals surface area contributed by atoms with E-state index in [2.05, 4.69) is 0 Å². The summed E-state index contributed by atoms with van der Waals surface area (Å²) in [4.78, 5) is 34.0. The maximum absolute atomic E-state index is 12.8. The number of esters is 1. The SMILES string of the molecule is CC(=O)Oc1ccc2c(C(=O)c3ccc([N+](=O)[O-])cc3)c(C)oc2c1. The second-order valence-corrected chi connectivity index (χ2v) is 5.42. The Balaban J connectivity index is 2.02. The lowest BCUT2D eigenvalue weighted by Crippen LogP contribution is -2.03. The van der Waals surface area contributed by atoms with Crippen molar-refractivity contribution >= 4 is 28.4 Å². The Morgan fingerprint density at radius 3 is 2.40 bits per heavy atom. The van der Waals surface area contributed by atoms with Crippen molar-refractivity contribution < 1.29 is 23.7 Å². The molecule has 7 nitrogen and oxygen atoms in total. The molecule has 1 aromatic heterocycles. The number of ether oxygens (including phenoxy) is 1. The van der Waals surface area contributed by atoms with Gasteiger partial charge in [-0.05, 0) is 31.2 Å². The zero-order valence-corrected chi connectivity index (χ0v) is 13.4. The lowest BCUT2D eigenvalue weighted by atomic mass is 10.0. The first-order valence-corrected chi connectivity index (χ1v) is 7.37. The highest BCUT2D eigenvalue weighted by molar-refractivity contribution is 6.17. The van der Waals surface area contributed by atoms with Crippen LogP contribution in [0.3, 0.4) is 0 Å². The van der Waals surface area contributed by atoms with Crippen molar-refractivity contribution in [2.75, 3.05) is 0 Å². The number of hydrogen-bond acceptors (Lipinski definition) is 6. The van der Waals surface area contributed by atoms with Gasteiger partial charge in [-0.2, -0.15) is 0 Å². The Kier molecular flexibility index (Phi) is 4.06. The standard InChI is InChI=1S/C18H13NO6/c1-10-17(18(21)12-3-5-13(6-4-12)19(22)23)15-8-7-14(25-11(2)20)9-16(15)24-10/h3-9H,1-2H3. The minimum Gasteiger partial charge on any atom is -0.460 e. The molecule has 0 atom stereocenters. The highest BCUT2D eigenvalue weighted by Crippen LogP contribution is 2.31. The molecule has 126 valence electrons. The molecule has 0 saturated carbocycles. The highest BCUT2D eigenvalue weighted by atomic mass is 16.6. The second-order valence-electron chi connectivity index (χ2n) is 5.42. The number of fused-ring (bicyclic) bond motifs is 1. The molecule has 0 spiro atoms. The molecule has 0 saturated heterocycles. The number of nitro benzene ring substituents is 1. The van der Waals surface area contributed by atoms with Crippen LogP contribution in [0, 0.1) is 17.0 Å². The van der Waals surface area contributed by atoms with Crippen LogP contribution >= 0.6 is 0 Å². The molecule has 3 aromatic rings. The van der Waals surface area contributed by atoms with Gasteiger partial charge in [0.25, 0.3) is 5.69 Å². The van der Waals surface area contributed by atoms with E-state index in [9.17, 15) is 19.7 Å². The van der Waals surface area contributed by atoms with Crippen LogP contribution in [0.5, 0.6) is 5.75 Å². The summed E-state index contributed by atoms with van der Waals surface area (Å²) in [5, 5.41) is 11.3. The molecule has 25 heavy (non-hydrogen) atoms. The summed E-state index contributed by atoms with van der Waals surface area (Å²) in [7, 11) is 0. The number of benzene rings is 2. The van der Waals surface area contributed by atoms with Crippen molar-refractivity contribution in [3.63, 3.8) is 0 Å². The first kappa shape index (κ1) is 16.4. The van der Waals surface area contributed by atoms with Gasteiger partial charge < -0.3 is 9.15 Å². The predicted molar refractivity (Wildman–Crippen MR) is 88.8 cm³/mol. The number of ketones is 1. The Morgan fingerprint density at radius 1 is 1.12 bits per heavy atom. The third-order valence-electron chi connectivity index (χ3n) is 3.67. The summed E-state index contributed by atoms with van der Waals surface area (Å²) in [6, 6.07) is 10.1. The van der Waals surface area contributed by atoms with Gasteiger partial charge in [0.05, 0.1) is 10.5 Å². The van der Waals surface area contributed by atoms with Crippen molar-refractivity contribution in [1.29, 1.82) is 0 Å². The molecule has 0 aliphatic rings. The number of rotatable bonds is 4. The molecule has 7 heteroatoms. The minimum absolute atomic E-state index is 0.0867. The van der Waals surface area contributed by atoms with Gasteiger partial charge in [0.2, 0.25) is 0 Å². The van der Waals surface area contributed by atoms with Crippen molar-refractivity contribution in [3.8, 4) is 5.75 Å². The van der Waals surface area contributed by atoms with Crippen LogP contribution in [0.15, 0.2) is 46.9 Å². The van der Waals surface area contributed by atoms with Crippen LogP contribution in [-0.2, 0) is 4.79 Å². The Labute approximate surface area is 142 Å². The van der Waals surface area contributed by atoms with E-state index in [1.807, 2.05) is 0 Å². The summed E-state index contributed by atoms with van der Waals surface area (Å²) >= 11 is 0. The fourth-order valence-corrected chi connectivity index (χ4v) is 2.59.